The van der Waals surface area contributed by atoms with Crippen molar-refractivity contribution in [1.82, 2.24) is 0 Å². The number of halogens is 2. The van der Waals surface area contributed by atoms with Crippen LogP contribution in [0.5, 0.6) is 5.75 Å². The molecular formula is C10H13ClFNO. The number of phenols is 1. The third-order valence-electron chi connectivity index (χ3n) is 2.54. The molecule has 0 saturated carbocycles. The van der Waals surface area contributed by atoms with Crippen molar-refractivity contribution >= 4 is 12.4 Å². The van der Waals surface area contributed by atoms with Gasteiger partial charge >= 0.3 is 0 Å². The first-order valence-corrected chi connectivity index (χ1v) is 4.42. The molecule has 0 aromatic heterocycles. The van der Waals surface area contributed by atoms with E-state index in [-0.39, 0.29) is 24.2 Å². The van der Waals surface area contributed by atoms with Gasteiger partial charge in [-0.2, -0.15) is 0 Å². The maximum absolute atomic E-state index is 12.9. The van der Waals surface area contributed by atoms with Gasteiger partial charge in [0.05, 0.1) is 0 Å². The molecule has 2 nitrogen and oxygen atoms in total. The van der Waals surface area contributed by atoms with Gasteiger partial charge in [0.15, 0.2) is 11.6 Å². The van der Waals surface area contributed by atoms with Crippen LogP contribution in [0, 0.1) is 5.82 Å². The maximum atomic E-state index is 12.9. The summed E-state index contributed by atoms with van der Waals surface area (Å²) in [7, 11) is 0. The molecular weight excluding hydrogens is 205 g/mol. The number of hydrogen-bond donors (Lipinski definition) is 2. The molecule has 1 aromatic carbocycles. The van der Waals surface area contributed by atoms with E-state index in [0.717, 1.165) is 24.0 Å². The third-order valence-corrected chi connectivity index (χ3v) is 2.54. The zero-order valence-electron chi connectivity index (χ0n) is 7.66. The number of aromatic hydroxyl groups is 1. The fourth-order valence-corrected chi connectivity index (χ4v) is 1.79. The van der Waals surface area contributed by atoms with Crippen LogP contribution in [-0.2, 0) is 12.8 Å². The minimum atomic E-state index is -0.548. The van der Waals surface area contributed by atoms with Crippen molar-refractivity contribution in [2.24, 2.45) is 5.73 Å². The summed E-state index contributed by atoms with van der Waals surface area (Å²) in [4.78, 5) is 0. The van der Waals surface area contributed by atoms with Gasteiger partial charge in [0.25, 0.3) is 0 Å². The fraction of sp³-hybridized carbons (Fsp3) is 0.400. The smallest absolute Gasteiger partial charge is 0.165 e. The summed E-state index contributed by atoms with van der Waals surface area (Å²) in [6.07, 6.45) is 2.47. The van der Waals surface area contributed by atoms with E-state index in [9.17, 15) is 4.39 Å². The second-order valence-electron chi connectivity index (χ2n) is 3.58. The number of rotatable bonds is 0. The summed E-state index contributed by atoms with van der Waals surface area (Å²) < 4.78 is 12.9. The molecule has 0 heterocycles. The minimum absolute atomic E-state index is 0. The first-order chi connectivity index (χ1) is 6.16. The fourth-order valence-electron chi connectivity index (χ4n) is 1.79. The van der Waals surface area contributed by atoms with E-state index >= 15 is 0 Å². The highest BCUT2D eigenvalue weighted by Crippen LogP contribution is 2.26. The lowest BCUT2D eigenvalue weighted by atomic mass is 9.88. The Kier molecular flexibility index (Phi) is 3.34. The van der Waals surface area contributed by atoms with Crippen molar-refractivity contribution < 1.29 is 9.50 Å². The van der Waals surface area contributed by atoms with E-state index in [1.807, 2.05) is 0 Å². The van der Waals surface area contributed by atoms with E-state index in [0.29, 0.717) is 6.42 Å². The number of hydrogen-bond acceptors (Lipinski definition) is 2. The van der Waals surface area contributed by atoms with E-state index in [4.69, 9.17) is 10.8 Å². The van der Waals surface area contributed by atoms with Gasteiger partial charge in [-0.05, 0) is 42.5 Å². The monoisotopic (exact) mass is 217 g/mol. The first-order valence-electron chi connectivity index (χ1n) is 4.42. The van der Waals surface area contributed by atoms with Crippen molar-refractivity contribution in [2.75, 3.05) is 0 Å². The maximum Gasteiger partial charge on any atom is 0.165 e. The number of phenolic OH excluding ortho intramolecular Hbond substituents is 1. The number of fused-ring (bicyclic) bond motifs is 1. The van der Waals surface area contributed by atoms with Gasteiger partial charge in [0.1, 0.15) is 0 Å². The molecule has 4 heteroatoms. The second kappa shape index (κ2) is 4.15. The van der Waals surface area contributed by atoms with E-state index in [1.54, 1.807) is 0 Å². The Hall–Kier alpha value is -0.800. The van der Waals surface area contributed by atoms with Crippen molar-refractivity contribution in [3.8, 4) is 5.75 Å². The zero-order chi connectivity index (χ0) is 9.42. The molecule has 0 bridgehead atoms. The highest BCUT2D eigenvalue weighted by Gasteiger charge is 2.17. The Balaban J connectivity index is 0.000000980. The predicted molar refractivity (Wildman–Crippen MR) is 55.3 cm³/mol. The summed E-state index contributed by atoms with van der Waals surface area (Å²) >= 11 is 0. The summed E-state index contributed by atoms with van der Waals surface area (Å²) in [5.41, 5.74) is 7.72. The Morgan fingerprint density at radius 3 is 2.79 bits per heavy atom. The molecule has 1 aromatic rings. The van der Waals surface area contributed by atoms with Crippen LogP contribution in [-0.4, -0.2) is 11.1 Å². The van der Waals surface area contributed by atoms with Crippen LogP contribution in [0.3, 0.4) is 0 Å². The van der Waals surface area contributed by atoms with Crippen LogP contribution in [0.25, 0.3) is 0 Å². The predicted octanol–water partition coefficient (Wildman–Crippen LogP) is 1.77. The topological polar surface area (TPSA) is 46.2 Å². The van der Waals surface area contributed by atoms with E-state index in [1.165, 1.54) is 12.1 Å². The highest BCUT2D eigenvalue weighted by atomic mass is 35.5. The van der Waals surface area contributed by atoms with Crippen LogP contribution < -0.4 is 5.73 Å². The van der Waals surface area contributed by atoms with Gasteiger partial charge in [0, 0.05) is 6.04 Å². The van der Waals surface area contributed by atoms with Crippen molar-refractivity contribution in [1.29, 1.82) is 0 Å². The lowest BCUT2D eigenvalue weighted by molar-refractivity contribution is 0.428. The Bertz CT molecular complexity index is 343. The summed E-state index contributed by atoms with van der Waals surface area (Å²) in [5.74, 6) is -0.804. The summed E-state index contributed by atoms with van der Waals surface area (Å²) in [6, 6.07) is 3.04. The summed E-state index contributed by atoms with van der Waals surface area (Å²) in [6.45, 7) is 0. The second-order valence-corrected chi connectivity index (χ2v) is 3.58. The van der Waals surface area contributed by atoms with Crippen molar-refractivity contribution in [2.45, 2.75) is 25.3 Å². The van der Waals surface area contributed by atoms with Gasteiger partial charge in [-0.15, -0.1) is 12.4 Å². The molecule has 1 aliphatic carbocycles. The van der Waals surface area contributed by atoms with Gasteiger partial charge in [-0.3, -0.25) is 0 Å². The average molecular weight is 218 g/mol. The third kappa shape index (κ3) is 1.99. The zero-order valence-corrected chi connectivity index (χ0v) is 8.48. The Morgan fingerprint density at radius 2 is 2.07 bits per heavy atom. The first kappa shape index (κ1) is 11.3. The molecule has 78 valence electrons. The standard InChI is InChI=1S/C10H12FNO.ClH/c11-9-4-7-3-8(12)2-1-6(7)5-10(9)13;/h4-5,8,13H,1-3,12H2;1H. The number of benzene rings is 1. The van der Waals surface area contributed by atoms with Crippen molar-refractivity contribution in [3.05, 3.63) is 29.1 Å². The largest absolute Gasteiger partial charge is 0.505 e. The van der Waals surface area contributed by atoms with E-state index < -0.39 is 5.82 Å². The number of aryl methyl sites for hydroxylation is 1. The molecule has 0 aliphatic heterocycles. The van der Waals surface area contributed by atoms with Gasteiger partial charge in [0.2, 0.25) is 0 Å². The molecule has 0 fully saturated rings. The van der Waals surface area contributed by atoms with E-state index in [2.05, 4.69) is 0 Å². The average Bonchev–Trinajstić information content (AvgIpc) is 2.08. The lowest BCUT2D eigenvalue weighted by Crippen LogP contribution is -2.27. The van der Waals surface area contributed by atoms with Gasteiger partial charge in [-0.25, -0.2) is 4.39 Å². The van der Waals surface area contributed by atoms with Gasteiger partial charge in [-0.1, -0.05) is 0 Å². The Labute approximate surface area is 88.3 Å². The minimum Gasteiger partial charge on any atom is -0.505 e. The molecule has 0 radical (unpaired) electrons. The molecule has 1 atom stereocenters. The van der Waals surface area contributed by atoms with Crippen LogP contribution in [0.2, 0.25) is 0 Å². The molecule has 1 unspecified atom stereocenters. The molecule has 0 amide bonds. The van der Waals surface area contributed by atoms with Crippen LogP contribution in [0.15, 0.2) is 12.1 Å². The quantitative estimate of drug-likeness (QED) is 0.696. The van der Waals surface area contributed by atoms with Crippen LogP contribution in [0.1, 0.15) is 17.5 Å². The molecule has 2 rings (SSSR count). The molecule has 1 aliphatic rings. The SMILES string of the molecule is Cl.NC1CCc2cc(O)c(F)cc2C1. The number of nitrogens with two attached hydrogens (primary N) is 1. The summed E-state index contributed by atoms with van der Waals surface area (Å²) in [5, 5.41) is 9.13. The molecule has 3 N–H and O–H groups in total. The normalized spacial score (nSPS) is 19.7. The van der Waals surface area contributed by atoms with Gasteiger partial charge < -0.3 is 10.8 Å². The van der Waals surface area contributed by atoms with Crippen molar-refractivity contribution in [3.63, 3.8) is 0 Å². The molecule has 0 saturated heterocycles. The lowest BCUT2D eigenvalue weighted by Gasteiger charge is -2.21. The van der Waals surface area contributed by atoms with Crippen LogP contribution in [0.4, 0.5) is 4.39 Å². The highest BCUT2D eigenvalue weighted by molar-refractivity contribution is 5.85. The van der Waals surface area contributed by atoms with Crippen LogP contribution >= 0.6 is 12.4 Å². The Morgan fingerprint density at radius 1 is 1.36 bits per heavy atom. The molecule has 14 heavy (non-hydrogen) atoms. The molecule has 0 spiro atoms.